The van der Waals surface area contributed by atoms with Crippen LogP contribution in [-0.2, 0) is 26.0 Å². The SMILES string of the molecule is CCNC(=O)C(C)N(CCc1ccccc1)C(=O)CN(c1cc(Cl)ccc1OC)S(=O)(=O)c1ccc(C)cc1. The van der Waals surface area contributed by atoms with Gasteiger partial charge < -0.3 is 15.0 Å². The number of anilines is 1. The van der Waals surface area contributed by atoms with Crippen molar-refractivity contribution in [2.75, 3.05) is 31.0 Å². The number of nitrogens with one attached hydrogen (secondary N) is 1. The predicted molar refractivity (Wildman–Crippen MR) is 154 cm³/mol. The van der Waals surface area contributed by atoms with Gasteiger partial charge in [-0.3, -0.25) is 13.9 Å². The second-order valence-electron chi connectivity index (χ2n) is 9.03. The maximum Gasteiger partial charge on any atom is 0.264 e. The van der Waals surface area contributed by atoms with Crippen LogP contribution in [0.15, 0.2) is 77.7 Å². The zero-order valence-corrected chi connectivity index (χ0v) is 24.1. The molecule has 0 heterocycles. The maximum atomic E-state index is 13.9. The third-order valence-corrected chi connectivity index (χ3v) is 8.31. The number of amides is 2. The molecule has 0 saturated carbocycles. The first-order valence-electron chi connectivity index (χ1n) is 12.6. The number of sulfonamides is 1. The molecule has 3 aromatic rings. The molecule has 0 saturated heterocycles. The van der Waals surface area contributed by atoms with E-state index in [1.807, 2.05) is 37.3 Å². The van der Waals surface area contributed by atoms with Crippen LogP contribution in [0.2, 0.25) is 5.02 Å². The third kappa shape index (κ3) is 7.52. The molecule has 1 atom stereocenters. The van der Waals surface area contributed by atoms with Gasteiger partial charge in [-0.1, -0.05) is 59.6 Å². The lowest BCUT2D eigenvalue weighted by molar-refractivity contribution is -0.138. The van der Waals surface area contributed by atoms with E-state index in [0.29, 0.717) is 13.0 Å². The third-order valence-electron chi connectivity index (χ3n) is 6.30. The van der Waals surface area contributed by atoms with E-state index in [4.69, 9.17) is 16.3 Å². The fourth-order valence-corrected chi connectivity index (χ4v) is 5.68. The molecule has 0 aliphatic heterocycles. The minimum atomic E-state index is -4.23. The van der Waals surface area contributed by atoms with Crippen LogP contribution in [0.5, 0.6) is 5.75 Å². The van der Waals surface area contributed by atoms with E-state index in [1.54, 1.807) is 38.1 Å². The monoisotopic (exact) mass is 571 g/mol. The van der Waals surface area contributed by atoms with Crippen molar-refractivity contribution in [1.82, 2.24) is 10.2 Å². The molecule has 0 aliphatic rings. The summed E-state index contributed by atoms with van der Waals surface area (Å²) in [6.07, 6.45) is 0.488. The Morgan fingerprint density at radius 3 is 2.31 bits per heavy atom. The summed E-state index contributed by atoms with van der Waals surface area (Å²) >= 11 is 6.25. The van der Waals surface area contributed by atoms with Crippen molar-refractivity contribution in [1.29, 1.82) is 0 Å². The van der Waals surface area contributed by atoms with Gasteiger partial charge >= 0.3 is 0 Å². The quantitative estimate of drug-likeness (QED) is 0.346. The van der Waals surface area contributed by atoms with E-state index in [-0.39, 0.29) is 33.8 Å². The van der Waals surface area contributed by atoms with E-state index in [0.717, 1.165) is 15.4 Å². The number of likely N-dealkylation sites (N-methyl/N-ethyl adjacent to an activating group) is 1. The molecule has 10 heteroatoms. The Morgan fingerprint density at radius 1 is 1.03 bits per heavy atom. The normalized spacial score (nSPS) is 11.9. The second-order valence-corrected chi connectivity index (χ2v) is 11.3. The number of hydrogen-bond acceptors (Lipinski definition) is 5. The largest absolute Gasteiger partial charge is 0.495 e. The fraction of sp³-hybridized carbons (Fsp3) is 0.310. The average Bonchev–Trinajstić information content (AvgIpc) is 2.92. The lowest BCUT2D eigenvalue weighted by Gasteiger charge is -2.32. The molecule has 8 nitrogen and oxygen atoms in total. The Balaban J connectivity index is 2.05. The standard InChI is InChI=1S/C29H34ClN3O5S/c1-5-31-29(35)22(3)32(18-17-23-9-7-6-8-10-23)28(34)20-33(26-19-24(30)13-16-27(26)38-4)39(36,37)25-14-11-21(2)12-15-25/h6-16,19,22H,5,17-18,20H2,1-4H3,(H,31,35). The van der Waals surface area contributed by atoms with Crippen LogP contribution in [0.4, 0.5) is 5.69 Å². The summed E-state index contributed by atoms with van der Waals surface area (Å²) in [5, 5.41) is 3.03. The zero-order valence-electron chi connectivity index (χ0n) is 22.6. The van der Waals surface area contributed by atoms with Gasteiger partial charge in [0.05, 0.1) is 17.7 Å². The van der Waals surface area contributed by atoms with Crippen molar-refractivity contribution >= 4 is 39.1 Å². The number of methoxy groups -OCH3 is 1. The van der Waals surface area contributed by atoms with Crippen LogP contribution < -0.4 is 14.4 Å². The molecular formula is C29H34ClN3O5S. The lowest BCUT2D eigenvalue weighted by atomic mass is 10.1. The number of aryl methyl sites for hydroxylation is 1. The summed E-state index contributed by atoms with van der Waals surface area (Å²) in [5.74, 6) is -0.634. The molecule has 0 spiro atoms. The number of hydrogen-bond donors (Lipinski definition) is 1. The number of carbonyl (C=O) groups excluding carboxylic acids is 2. The molecule has 0 fully saturated rings. The molecule has 39 heavy (non-hydrogen) atoms. The van der Waals surface area contributed by atoms with E-state index in [9.17, 15) is 18.0 Å². The summed E-state index contributed by atoms with van der Waals surface area (Å²) in [6.45, 7) is 5.33. The number of ether oxygens (including phenoxy) is 1. The van der Waals surface area contributed by atoms with Gasteiger partial charge in [-0.15, -0.1) is 0 Å². The van der Waals surface area contributed by atoms with Crippen molar-refractivity contribution in [2.24, 2.45) is 0 Å². The first-order valence-corrected chi connectivity index (χ1v) is 14.4. The Labute approximate surface area is 235 Å². The van der Waals surface area contributed by atoms with Crippen molar-refractivity contribution < 1.29 is 22.7 Å². The number of halogens is 1. The Kier molecular flexibility index (Phi) is 10.4. The van der Waals surface area contributed by atoms with Crippen LogP contribution in [0, 0.1) is 6.92 Å². The number of carbonyl (C=O) groups is 2. The summed E-state index contributed by atoms with van der Waals surface area (Å²) < 4.78 is 34.3. The van der Waals surface area contributed by atoms with E-state index in [1.165, 1.54) is 30.2 Å². The predicted octanol–water partition coefficient (Wildman–Crippen LogP) is 4.45. The van der Waals surface area contributed by atoms with Crippen molar-refractivity contribution in [3.8, 4) is 5.75 Å². The fourth-order valence-electron chi connectivity index (χ4n) is 4.10. The molecule has 0 aromatic heterocycles. The molecule has 0 aliphatic carbocycles. The zero-order chi connectivity index (χ0) is 28.6. The van der Waals surface area contributed by atoms with E-state index < -0.39 is 28.5 Å². The minimum Gasteiger partial charge on any atom is -0.495 e. The Morgan fingerprint density at radius 2 is 1.69 bits per heavy atom. The van der Waals surface area contributed by atoms with E-state index in [2.05, 4.69) is 5.32 Å². The highest BCUT2D eigenvalue weighted by Gasteiger charge is 2.33. The Bertz CT molecular complexity index is 1380. The highest BCUT2D eigenvalue weighted by molar-refractivity contribution is 7.92. The summed E-state index contributed by atoms with van der Waals surface area (Å²) in [5.41, 5.74) is 1.99. The second kappa shape index (κ2) is 13.5. The first kappa shape index (κ1) is 30.0. The molecule has 1 N–H and O–H groups in total. The number of rotatable bonds is 12. The molecule has 208 valence electrons. The van der Waals surface area contributed by atoms with Crippen molar-refractivity contribution in [3.05, 3.63) is 88.9 Å². The lowest BCUT2D eigenvalue weighted by Crippen LogP contribution is -2.52. The molecule has 3 aromatic carbocycles. The van der Waals surface area contributed by atoms with Gasteiger partial charge in [-0.05, 0) is 63.1 Å². The smallest absolute Gasteiger partial charge is 0.264 e. The Hall–Kier alpha value is -3.56. The molecule has 3 rings (SSSR count). The van der Waals surface area contributed by atoms with Crippen LogP contribution in [0.25, 0.3) is 0 Å². The minimum absolute atomic E-state index is 0.00976. The highest BCUT2D eigenvalue weighted by Crippen LogP contribution is 2.35. The molecule has 0 bridgehead atoms. The van der Waals surface area contributed by atoms with Gasteiger partial charge in [0, 0.05) is 18.1 Å². The van der Waals surface area contributed by atoms with Crippen LogP contribution in [-0.4, -0.2) is 57.9 Å². The van der Waals surface area contributed by atoms with Crippen LogP contribution in [0.3, 0.4) is 0 Å². The van der Waals surface area contributed by atoms with Gasteiger partial charge in [-0.25, -0.2) is 8.42 Å². The molecule has 1 unspecified atom stereocenters. The summed E-state index contributed by atoms with van der Waals surface area (Å²) in [7, 11) is -2.81. The topological polar surface area (TPSA) is 96.0 Å². The van der Waals surface area contributed by atoms with Gasteiger partial charge in [-0.2, -0.15) is 0 Å². The van der Waals surface area contributed by atoms with Gasteiger partial charge in [0.15, 0.2) is 0 Å². The van der Waals surface area contributed by atoms with Crippen molar-refractivity contribution in [2.45, 2.75) is 38.1 Å². The maximum absolute atomic E-state index is 13.9. The molecular weight excluding hydrogens is 538 g/mol. The van der Waals surface area contributed by atoms with Crippen LogP contribution in [0.1, 0.15) is 25.0 Å². The molecule has 0 radical (unpaired) electrons. The van der Waals surface area contributed by atoms with Crippen LogP contribution >= 0.6 is 11.6 Å². The van der Waals surface area contributed by atoms with Gasteiger partial charge in [0.25, 0.3) is 10.0 Å². The summed E-state index contributed by atoms with van der Waals surface area (Å²) in [4.78, 5) is 28.1. The van der Waals surface area contributed by atoms with Gasteiger partial charge in [0.2, 0.25) is 11.8 Å². The van der Waals surface area contributed by atoms with E-state index >= 15 is 0 Å². The van der Waals surface area contributed by atoms with Gasteiger partial charge in [0.1, 0.15) is 18.3 Å². The average molecular weight is 572 g/mol. The first-order chi connectivity index (χ1) is 18.6. The number of benzene rings is 3. The summed E-state index contributed by atoms with van der Waals surface area (Å²) in [6, 6.07) is 19.7. The number of nitrogens with zero attached hydrogens (tertiary/aromatic N) is 2. The molecule has 2 amide bonds. The van der Waals surface area contributed by atoms with Crippen molar-refractivity contribution in [3.63, 3.8) is 0 Å². The highest BCUT2D eigenvalue weighted by atomic mass is 35.5.